The molecule has 1 fully saturated rings. The number of amides is 1. The number of thioether (sulfide) groups is 1. The number of halogens is 2. The molecule has 2 aromatic rings. The molecule has 1 atom stereocenters. The highest BCUT2D eigenvalue weighted by Gasteiger charge is 2.42. The molecule has 5 rings (SSSR count). The van der Waals surface area contributed by atoms with Crippen LogP contribution in [0, 0.1) is 11.6 Å². The fourth-order valence-electron chi connectivity index (χ4n) is 4.18. The standard InChI is InChI=1S/C23H18F2N2OS/c24-17-8-4-14(5-9-17)12-16-2-1-3-19-21(16)26-23-27(20(28)13-29-23)22(19)15-6-10-18(25)11-7-15/h4-12,22H,1-3,13H2/b16-12+/t22-/m0/s1. The first-order chi connectivity index (χ1) is 14.1. The lowest BCUT2D eigenvalue weighted by Gasteiger charge is -2.37. The molecule has 0 unspecified atom stereocenters. The number of fused-ring (bicyclic) bond motifs is 1. The third-order valence-corrected chi connectivity index (χ3v) is 6.43. The zero-order chi connectivity index (χ0) is 20.0. The Balaban J connectivity index is 1.64. The van der Waals surface area contributed by atoms with E-state index >= 15 is 0 Å². The van der Waals surface area contributed by atoms with Crippen molar-refractivity contribution in [1.29, 1.82) is 0 Å². The van der Waals surface area contributed by atoms with Crippen LogP contribution in [0.2, 0.25) is 0 Å². The fourth-order valence-corrected chi connectivity index (χ4v) is 5.08. The molecule has 1 amide bonds. The van der Waals surface area contributed by atoms with Gasteiger partial charge in [0.2, 0.25) is 5.91 Å². The van der Waals surface area contributed by atoms with Crippen LogP contribution in [0.5, 0.6) is 0 Å². The van der Waals surface area contributed by atoms with Crippen LogP contribution in [0.4, 0.5) is 8.78 Å². The van der Waals surface area contributed by atoms with Crippen molar-refractivity contribution in [1.82, 2.24) is 4.90 Å². The third kappa shape index (κ3) is 3.31. The summed E-state index contributed by atoms with van der Waals surface area (Å²) in [7, 11) is 0. The molecule has 0 bridgehead atoms. The predicted molar refractivity (Wildman–Crippen MR) is 111 cm³/mol. The maximum atomic E-state index is 13.5. The number of aliphatic imine (C=N–C) groups is 1. The smallest absolute Gasteiger partial charge is 0.239 e. The van der Waals surface area contributed by atoms with Crippen molar-refractivity contribution in [2.24, 2.45) is 4.99 Å². The third-order valence-electron chi connectivity index (χ3n) is 5.49. The second-order valence-corrected chi connectivity index (χ2v) is 8.29. The highest BCUT2D eigenvalue weighted by Crippen LogP contribution is 2.47. The quantitative estimate of drug-likeness (QED) is 0.660. The zero-order valence-electron chi connectivity index (χ0n) is 15.6. The molecule has 2 aromatic carbocycles. The van der Waals surface area contributed by atoms with Gasteiger partial charge in [-0.1, -0.05) is 36.0 Å². The summed E-state index contributed by atoms with van der Waals surface area (Å²) in [5, 5.41) is 0.704. The van der Waals surface area contributed by atoms with Crippen molar-refractivity contribution >= 4 is 28.9 Å². The largest absolute Gasteiger partial charge is 0.279 e. The topological polar surface area (TPSA) is 32.7 Å². The summed E-state index contributed by atoms with van der Waals surface area (Å²) in [5.41, 5.74) is 4.92. The van der Waals surface area contributed by atoms with Crippen LogP contribution in [0.15, 0.2) is 70.4 Å². The van der Waals surface area contributed by atoms with Crippen LogP contribution >= 0.6 is 11.8 Å². The Morgan fingerprint density at radius 3 is 2.41 bits per heavy atom. The maximum Gasteiger partial charge on any atom is 0.239 e. The van der Waals surface area contributed by atoms with Gasteiger partial charge in [-0.25, -0.2) is 13.8 Å². The van der Waals surface area contributed by atoms with E-state index < -0.39 is 0 Å². The lowest BCUT2D eigenvalue weighted by Crippen LogP contribution is -2.38. The van der Waals surface area contributed by atoms with Gasteiger partial charge in [0.1, 0.15) is 11.6 Å². The Morgan fingerprint density at radius 2 is 1.69 bits per heavy atom. The molecule has 0 N–H and O–H groups in total. The average molecular weight is 408 g/mol. The van der Waals surface area contributed by atoms with E-state index in [1.807, 2.05) is 0 Å². The van der Waals surface area contributed by atoms with E-state index in [-0.39, 0.29) is 23.6 Å². The van der Waals surface area contributed by atoms with Crippen LogP contribution in [0.25, 0.3) is 6.08 Å². The Bertz CT molecular complexity index is 1070. The molecule has 1 aliphatic carbocycles. The van der Waals surface area contributed by atoms with E-state index in [4.69, 9.17) is 4.99 Å². The molecule has 2 aliphatic heterocycles. The molecular weight excluding hydrogens is 390 g/mol. The number of benzene rings is 2. The number of hydrogen-bond acceptors (Lipinski definition) is 3. The summed E-state index contributed by atoms with van der Waals surface area (Å²) in [6.07, 6.45) is 4.71. The molecule has 3 aliphatic rings. The minimum Gasteiger partial charge on any atom is -0.279 e. The molecule has 0 radical (unpaired) electrons. The van der Waals surface area contributed by atoms with Gasteiger partial charge in [-0.2, -0.15) is 0 Å². The van der Waals surface area contributed by atoms with Crippen molar-refractivity contribution in [3.63, 3.8) is 0 Å². The first-order valence-electron chi connectivity index (χ1n) is 9.59. The number of carbonyl (C=O) groups is 1. The molecule has 146 valence electrons. The fraction of sp³-hybridized carbons (Fsp3) is 0.217. The minimum atomic E-state index is -0.296. The molecule has 2 heterocycles. The number of allylic oxidation sites excluding steroid dienone is 1. The van der Waals surface area contributed by atoms with Crippen LogP contribution in [-0.4, -0.2) is 21.7 Å². The number of carbonyl (C=O) groups excluding carboxylic acids is 1. The van der Waals surface area contributed by atoms with Crippen LogP contribution < -0.4 is 0 Å². The second kappa shape index (κ2) is 7.26. The summed E-state index contributed by atoms with van der Waals surface area (Å²) in [5.74, 6) is -0.158. The van der Waals surface area contributed by atoms with E-state index in [1.54, 1.807) is 29.2 Å². The van der Waals surface area contributed by atoms with Gasteiger partial charge < -0.3 is 0 Å². The zero-order valence-corrected chi connectivity index (χ0v) is 16.4. The molecule has 0 spiro atoms. The highest BCUT2D eigenvalue weighted by atomic mass is 32.2. The molecule has 0 aromatic heterocycles. The predicted octanol–water partition coefficient (Wildman–Crippen LogP) is 5.47. The normalized spacial score (nSPS) is 22.6. The number of nitrogens with zero attached hydrogens (tertiary/aromatic N) is 2. The summed E-state index contributed by atoms with van der Waals surface area (Å²) in [4.78, 5) is 19.2. The lowest BCUT2D eigenvalue weighted by atomic mass is 9.83. The Morgan fingerprint density at radius 1 is 1.00 bits per heavy atom. The number of amidine groups is 1. The van der Waals surface area contributed by atoms with Gasteiger partial charge >= 0.3 is 0 Å². The lowest BCUT2D eigenvalue weighted by molar-refractivity contribution is -0.125. The van der Waals surface area contributed by atoms with E-state index in [1.165, 1.54) is 36.0 Å². The van der Waals surface area contributed by atoms with Crippen LogP contribution in [0.3, 0.4) is 0 Å². The van der Waals surface area contributed by atoms with Gasteiger partial charge in [-0.05, 0) is 71.9 Å². The molecule has 0 saturated carbocycles. The van der Waals surface area contributed by atoms with Gasteiger partial charge in [0.25, 0.3) is 0 Å². The Labute approximate surface area is 171 Å². The summed E-state index contributed by atoms with van der Waals surface area (Å²) >= 11 is 1.44. The molecule has 29 heavy (non-hydrogen) atoms. The molecular formula is C23H18F2N2OS. The van der Waals surface area contributed by atoms with Gasteiger partial charge in [-0.3, -0.25) is 9.69 Å². The Kier molecular flexibility index (Phi) is 4.59. The van der Waals surface area contributed by atoms with Crippen LogP contribution in [-0.2, 0) is 4.79 Å². The summed E-state index contributed by atoms with van der Waals surface area (Å²) < 4.78 is 26.8. The van der Waals surface area contributed by atoms with Gasteiger partial charge in [0.05, 0.1) is 17.5 Å². The van der Waals surface area contributed by atoms with Crippen molar-refractivity contribution in [2.75, 3.05) is 5.75 Å². The van der Waals surface area contributed by atoms with E-state index in [9.17, 15) is 13.6 Å². The highest BCUT2D eigenvalue weighted by molar-refractivity contribution is 8.15. The van der Waals surface area contributed by atoms with Crippen molar-refractivity contribution < 1.29 is 13.6 Å². The second-order valence-electron chi connectivity index (χ2n) is 7.35. The van der Waals surface area contributed by atoms with Crippen molar-refractivity contribution in [3.05, 3.63) is 88.1 Å². The molecule has 1 saturated heterocycles. The molecule has 3 nitrogen and oxygen atoms in total. The van der Waals surface area contributed by atoms with Crippen molar-refractivity contribution in [2.45, 2.75) is 25.3 Å². The molecule has 6 heteroatoms. The first-order valence-corrected chi connectivity index (χ1v) is 10.6. The first kappa shape index (κ1) is 18.3. The monoisotopic (exact) mass is 408 g/mol. The van der Waals surface area contributed by atoms with Crippen LogP contribution in [0.1, 0.15) is 36.4 Å². The maximum absolute atomic E-state index is 13.5. The average Bonchev–Trinajstić information content (AvgIpc) is 3.10. The van der Waals surface area contributed by atoms with Gasteiger partial charge in [-0.15, -0.1) is 0 Å². The Hall–Kier alpha value is -2.73. The number of rotatable bonds is 2. The van der Waals surface area contributed by atoms with E-state index in [0.717, 1.165) is 47.2 Å². The van der Waals surface area contributed by atoms with E-state index in [0.29, 0.717) is 10.9 Å². The minimum absolute atomic E-state index is 0.0317. The SMILES string of the molecule is O=C1CSC2=NC3=C(CCC/C3=C\c3ccc(F)cc3)[C@H](c3ccc(F)cc3)N12. The van der Waals surface area contributed by atoms with Gasteiger partial charge in [0.15, 0.2) is 5.17 Å². The number of hydrogen-bond donors (Lipinski definition) is 0. The summed E-state index contributed by atoms with van der Waals surface area (Å²) in [6, 6.07) is 12.5. The summed E-state index contributed by atoms with van der Waals surface area (Å²) in [6.45, 7) is 0. The van der Waals surface area contributed by atoms with Crippen molar-refractivity contribution in [3.8, 4) is 0 Å². The van der Waals surface area contributed by atoms with Gasteiger partial charge in [0, 0.05) is 0 Å². The van der Waals surface area contributed by atoms with E-state index in [2.05, 4.69) is 6.08 Å².